The van der Waals surface area contributed by atoms with E-state index >= 15 is 0 Å². The number of aromatic nitrogens is 10. The van der Waals surface area contributed by atoms with Crippen molar-refractivity contribution in [2.24, 2.45) is 0 Å². The molecule has 5 N–H and O–H groups in total. The molecule has 0 amide bonds. The molecule has 5 heterocycles. The van der Waals surface area contributed by atoms with E-state index in [9.17, 15) is 0 Å². The number of hydrogen-bond donors (Lipinski definition) is 5. The summed E-state index contributed by atoms with van der Waals surface area (Å²) in [6.07, 6.45) is 27.0. The summed E-state index contributed by atoms with van der Waals surface area (Å²) >= 11 is 0. The van der Waals surface area contributed by atoms with Gasteiger partial charge in [0.05, 0.1) is 17.1 Å². The number of hydrogen-bond acceptors (Lipinski definition) is 5. The van der Waals surface area contributed by atoms with Gasteiger partial charge in [0.25, 0.3) is 0 Å². The van der Waals surface area contributed by atoms with E-state index in [0.29, 0.717) is 12.8 Å². The van der Waals surface area contributed by atoms with Crippen molar-refractivity contribution < 1.29 is 0 Å². The zero-order chi connectivity index (χ0) is 35.1. The summed E-state index contributed by atoms with van der Waals surface area (Å²) < 4.78 is 0. The Labute approximate surface area is 299 Å². The Morgan fingerprint density at radius 1 is 0.420 bits per heavy atom. The molecule has 0 aliphatic heterocycles. The maximum absolute atomic E-state index is 5.21. The van der Waals surface area contributed by atoms with Gasteiger partial charge in [-0.3, -0.25) is 0 Å². The Morgan fingerprint density at radius 3 is 1.50 bits per heavy atom. The molecular formula is C40H62N10. The second-order valence-corrected chi connectivity index (χ2v) is 14.4. The molecule has 5 rings (SSSR count). The van der Waals surface area contributed by atoms with Crippen LogP contribution in [0.4, 0.5) is 0 Å². The topological polar surface area (TPSA) is 143 Å². The van der Waals surface area contributed by atoms with Crippen LogP contribution in [0.25, 0.3) is 0 Å². The van der Waals surface area contributed by atoms with Crippen molar-refractivity contribution in [2.75, 3.05) is 0 Å². The average molecular weight is 683 g/mol. The van der Waals surface area contributed by atoms with Crippen LogP contribution in [0.15, 0.2) is 12.4 Å². The number of H-pyrrole nitrogens is 5. The number of nitrogens with zero attached hydrogens (tertiary/aromatic N) is 5. The Hall–Kier alpha value is -3.95. The largest absolute Gasteiger partial charge is 0.346 e. The van der Waals surface area contributed by atoms with Crippen LogP contribution in [0.5, 0.6) is 0 Å². The van der Waals surface area contributed by atoms with Crippen LogP contribution in [0, 0.1) is 20.8 Å². The molecule has 0 aliphatic carbocycles. The van der Waals surface area contributed by atoms with E-state index < -0.39 is 0 Å². The summed E-state index contributed by atoms with van der Waals surface area (Å²) in [5, 5.41) is 0. The van der Waals surface area contributed by atoms with E-state index in [-0.39, 0.29) is 0 Å². The quantitative estimate of drug-likeness (QED) is 0.0412. The van der Waals surface area contributed by atoms with Crippen LogP contribution in [-0.4, -0.2) is 49.8 Å². The van der Waals surface area contributed by atoms with E-state index in [1.165, 1.54) is 83.5 Å². The van der Waals surface area contributed by atoms with Crippen LogP contribution >= 0.6 is 0 Å². The first-order valence-corrected chi connectivity index (χ1v) is 19.6. The Bertz CT molecular complexity index is 1700. The summed E-state index contributed by atoms with van der Waals surface area (Å²) in [5.41, 5.74) is 8.72. The van der Waals surface area contributed by atoms with Gasteiger partial charge in [-0.15, -0.1) is 0 Å². The van der Waals surface area contributed by atoms with Crippen LogP contribution in [0.1, 0.15) is 178 Å². The fourth-order valence-electron chi connectivity index (χ4n) is 7.07. The molecule has 0 saturated heterocycles. The third-order valence-electron chi connectivity index (χ3n) is 9.76. The molecule has 0 saturated carbocycles. The Kier molecular flexibility index (Phi) is 14.5. The molecule has 10 nitrogen and oxygen atoms in total. The minimum Gasteiger partial charge on any atom is -0.346 e. The summed E-state index contributed by atoms with van der Waals surface area (Å²) in [6, 6.07) is 0. The fraction of sp³-hybridized carbons (Fsp3) is 0.625. The SMILES string of the molecule is CCCCCCCCCc1ncc(Cc2[nH]c(CCCCCCCCC)nc2Cc2nc(C)[nH]c2Cc2nc(C)[nH]c2Cc2cnc(C)[nH]2)[nH]1. The van der Waals surface area contributed by atoms with Crippen molar-refractivity contribution in [3.63, 3.8) is 0 Å². The van der Waals surface area contributed by atoms with Gasteiger partial charge < -0.3 is 24.9 Å². The van der Waals surface area contributed by atoms with Crippen LogP contribution in [0.2, 0.25) is 0 Å². The maximum atomic E-state index is 5.21. The second-order valence-electron chi connectivity index (χ2n) is 14.4. The smallest absolute Gasteiger partial charge is 0.106 e. The zero-order valence-electron chi connectivity index (χ0n) is 31.5. The molecule has 0 fully saturated rings. The normalized spacial score (nSPS) is 11.7. The zero-order valence-corrected chi connectivity index (χ0v) is 31.5. The molecule has 10 heteroatoms. The molecule has 0 bridgehead atoms. The summed E-state index contributed by atoms with van der Waals surface area (Å²) in [7, 11) is 0. The van der Waals surface area contributed by atoms with E-state index in [2.05, 4.69) is 43.8 Å². The summed E-state index contributed by atoms with van der Waals surface area (Å²) in [4.78, 5) is 42.0. The minimum absolute atomic E-state index is 0.667. The maximum Gasteiger partial charge on any atom is 0.106 e. The molecule has 272 valence electrons. The molecule has 0 radical (unpaired) electrons. The lowest BCUT2D eigenvalue weighted by atomic mass is 10.1. The molecule has 0 aromatic carbocycles. The number of aryl methyl sites for hydroxylation is 5. The van der Waals surface area contributed by atoms with Crippen molar-refractivity contribution in [1.82, 2.24) is 49.8 Å². The molecule has 50 heavy (non-hydrogen) atoms. The highest BCUT2D eigenvalue weighted by molar-refractivity contribution is 5.32. The summed E-state index contributed by atoms with van der Waals surface area (Å²) in [6.45, 7) is 10.6. The lowest BCUT2D eigenvalue weighted by Gasteiger charge is -2.05. The van der Waals surface area contributed by atoms with E-state index in [1.807, 2.05) is 33.2 Å². The highest BCUT2D eigenvalue weighted by Gasteiger charge is 2.19. The molecule has 5 aromatic rings. The highest BCUT2D eigenvalue weighted by atomic mass is 15.0. The highest BCUT2D eigenvalue weighted by Crippen LogP contribution is 2.22. The lowest BCUT2D eigenvalue weighted by molar-refractivity contribution is 0.585. The monoisotopic (exact) mass is 683 g/mol. The van der Waals surface area contributed by atoms with Crippen molar-refractivity contribution in [3.8, 4) is 0 Å². The number of aromatic amines is 5. The van der Waals surface area contributed by atoms with Gasteiger partial charge in [-0.05, 0) is 33.6 Å². The van der Waals surface area contributed by atoms with Crippen LogP contribution < -0.4 is 0 Å². The van der Waals surface area contributed by atoms with Crippen molar-refractivity contribution in [1.29, 1.82) is 0 Å². The fourth-order valence-corrected chi connectivity index (χ4v) is 7.07. The van der Waals surface area contributed by atoms with E-state index in [4.69, 9.17) is 19.9 Å². The predicted molar refractivity (Wildman–Crippen MR) is 202 cm³/mol. The van der Waals surface area contributed by atoms with Gasteiger partial charge in [0.1, 0.15) is 29.1 Å². The van der Waals surface area contributed by atoms with Crippen LogP contribution in [0.3, 0.4) is 0 Å². The van der Waals surface area contributed by atoms with E-state index in [0.717, 1.165) is 107 Å². The number of imidazole rings is 5. The van der Waals surface area contributed by atoms with Crippen molar-refractivity contribution in [2.45, 2.75) is 163 Å². The van der Waals surface area contributed by atoms with Gasteiger partial charge in [0, 0.05) is 79.4 Å². The Balaban J connectivity index is 1.27. The van der Waals surface area contributed by atoms with Gasteiger partial charge >= 0.3 is 0 Å². The lowest BCUT2D eigenvalue weighted by Crippen LogP contribution is -2.03. The molecule has 5 aromatic heterocycles. The first-order chi connectivity index (χ1) is 24.4. The minimum atomic E-state index is 0.667. The average Bonchev–Trinajstić information content (AvgIpc) is 3.92. The first-order valence-electron chi connectivity index (χ1n) is 19.6. The summed E-state index contributed by atoms with van der Waals surface area (Å²) in [5.74, 6) is 4.93. The number of rotatable bonds is 24. The van der Waals surface area contributed by atoms with Gasteiger partial charge in [-0.2, -0.15) is 0 Å². The second kappa shape index (κ2) is 19.4. The Morgan fingerprint density at radius 2 is 0.900 bits per heavy atom. The van der Waals surface area contributed by atoms with Crippen molar-refractivity contribution >= 4 is 0 Å². The van der Waals surface area contributed by atoms with Crippen LogP contribution in [-0.2, 0) is 38.5 Å². The van der Waals surface area contributed by atoms with Gasteiger partial charge in [-0.25, -0.2) is 24.9 Å². The first kappa shape index (κ1) is 37.3. The van der Waals surface area contributed by atoms with Gasteiger partial charge in [0.2, 0.25) is 0 Å². The van der Waals surface area contributed by atoms with Gasteiger partial charge in [0.15, 0.2) is 0 Å². The molecule has 0 atom stereocenters. The van der Waals surface area contributed by atoms with Crippen molar-refractivity contribution in [3.05, 3.63) is 87.1 Å². The number of unbranched alkanes of at least 4 members (excludes halogenated alkanes) is 12. The number of nitrogens with one attached hydrogen (secondary N) is 5. The van der Waals surface area contributed by atoms with E-state index in [1.54, 1.807) is 0 Å². The van der Waals surface area contributed by atoms with Gasteiger partial charge in [-0.1, -0.05) is 90.9 Å². The standard InChI is InChI=1S/C40H62N10/c1-6-8-10-12-14-16-18-20-39-42-27-32(48-39)23-34-38(50-40(49-34)21-19-17-15-13-11-9-7-2)25-37-36(46-30(5)47-37)24-35-33(44-29(4)45-35)22-31-26-41-28(3)43-31/h26-27H,6-25H2,1-5H3,(H,41,43)(H,42,48)(H,44,45)(H,46,47)(H,49,50). The molecular weight excluding hydrogens is 621 g/mol. The molecule has 0 aliphatic rings. The molecule has 0 unspecified atom stereocenters. The third-order valence-corrected chi connectivity index (χ3v) is 9.76. The third kappa shape index (κ3) is 11.6. The predicted octanol–water partition coefficient (Wildman–Crippen LogP) is 9.18. The molecule has 0 spiro atoms.